The summed E-state index contributed by atoms with van der Waals surface area (Å²) < 4.78 is 5.73. The van der Waals surface area contributed by atoms with Gasteiger partial charge in [-0.1, -0.05) is 37.0 Å². The number of carboxylic acids is 1. The van der Waals surface area contributed by atoms with Crippen LogP contribution in [0, 0.1) is 5.92 Å². The molecular weight excluding hydrogens is 419 g/mol. The lowest BCUT2D eigenvalue weighted by molar-refractivity contribution is -0.137. The van der Waals surface area contributed by atoms with Gasteiger partial charge >= 0.3 is 5.97 Å². The van der Waals surface area contributed by atoms with Crippen molar-refractivity contribution >= 4 is 46.7 Å². The number of ether oxygens (including phenoxy) is 1. The topological polar surface area (TPSA) is 105 Å². The van der Waals surface area contributed by atoms with Crippen molar-refractivity contribution in [3.05, 3.63) is 52.0 Å². The second-order valence-corrected chi connectivity index (χ2v) is 7.32. The van der Waals surface area contributed by atoms with Crippen molar-refractivity contribution < 1.29 is 24.2 Å². The Hall–Kier alpha value is -2.77. The van der Waals surface area contributed by atoms with Gasteiger partial charge in [0, 0.05) is 11.6 Å². The molecule has 0 aromatic heterocycles. The first-order valence-corrected chi connectivity index (χ1v) is 9.46. The molecule has 3 N–H and O–H groups in total. The van der Waals surface area contributed by atoms with Gasteiger partial charge in [-0.3, -0.25) is 14.4 Å². The fourth-order valence-electron chi connectivity index (χ4n) is 2.24. The van der Waals surface area contributed by atoms with Crippen LogP contribution in [0.2, 0.25) is 10.0 Å². The standard InChI is InChI=1S/C20H20Cl2N2O5/c1-11(2)20(28)24-13-3-5-14(6-4-13)29-19-15(21)7-12(8-16(19)22)9-17(25)23-10-18(26)27/h3-8,11H,9-10H2,1-2H3,(H,23,25)(H,24,28)(H,26,27). The Morgan fingerprint density at radius 1 is 1.07 bits per heavy atom. The van der Waals surface area contributed by atoms with Crippen LogP contribution in [0.15, 0.2) is 36.4 Å². The smallest absolute Gasteiger partial charge is 0.322 e. The first kappa shape index (κ1) is 22.5. The predicted molar refractivity (Wildman–Crippen MR) is 111 cm³/mol. The van der Waals surface area contributed by atoms with Crippen molar-refractivity contribution in [2.45, 2.75) is 20.3 Å². The van der Waals surface area contributed by atoms with E-state index in [0.29, 0.717) is 17.0 Å². The largest absolute Gasteiger partial charge is 0.480 e. The van der Waals surface area contributed by atoms with Gasteiger partial charge in [0.25, 0.3) is 0 Å². The molecule has 0 fully saturated rings. The number of hydrogen-bond donors (Lipinski definition) is 3. The molecule has 29 heavy (non-hydrogen) atoms. The molecular formula is C20H20Cl2N2O5. The minimum atomic E-state index is -1.13. The number of carboxylic acid groups (broad SMARTS) is 1. The highest BCUT2D eigenvalue weighted by molar-refractivity contribution is 6.37. The van der Waals surface area contributed by atoms with Gasteiger partial charge in [-0.05, 0) is 42.0 Å². The molecule has 0 aliphatic carbocycles. The van der Waals surface area contributed by atoms with Crippen LogP contribution in [-0.2, 0) is 20.8 Å². The average molecular weight is 439 g/mol. The summed E-state index contributed by atoms with van der Waals surface area (Å²) >= 11 is 12.5. The van der Waals surface area contributed by atoms with E-state index in [1.54, 1.807) is 38.1 Å². The number of amides is 2. The van der Waals surface area contributed by atoms with Crippen LogP contribution in [0.25, 0.3) is 0 Å². The molecule has 0 heterocycles. The summed E-state index contributed by atoms with van der Waals surface area (Å²) in [6.07, 6.45) is -0.0722. The molecule has 9 heteroatoms. The third kappa shape index (κ3) is 6.96. The highest BCUT2D eigenvalue weighted by Gasteiger charge is 2.14. The number of hydrogen-bond acceptors (Lipinski definition) is 4. The van der Waals surface area contributed by atoms with Crippen molar-refractivity contribution in [2.75, 3.05) is 11.9 Å². The normalized spacial score (nSPS) is 10.5. The maximum atomic E-state index is 11.7. The zero-order chi connectivity index (χ0) is 21.6. The third-order valence-electron chi connectivity index (χ3n) is 3.73. The molecule has 0 aliphatic rings. The van der Waals surface area contributed by atoms with Crippen LogP contribution in [0.5, 0.6) is 11.5 Å². The number of carbonyl (C=O) groups is 3. The molecule has 2 rings (SSSR count). The van der Waals surface area contributed by atoms with E-state index in [4.69, 9.17) is 33.0 Å². The second-order valence-electron chi connectivity index (χ2n) is 6.51. The Labute approximate surface area is 178 Å². The van der Waals surface area contributed by atoms with Crippen molar-refractivity contribution in [1.82, 2.24) is 5.32 Å². The minimum absolute atomic E-state index is 0.0722. The molecule has 0 saturated heterocycles. The molecule has 0 atom stereocenters. The van der Waals surface area contributed by atoms with Crippen molar-refractivity contribution in [2.24, 2.45) is 5.92 Å². The molecule has 0 spiro atoms. The number of halogens is 2. The van der Waals surface area contributed by atoms with E-state index < -0.39 is 18.4 Å². The number of nitrogens with one attached hydrogen (secondary N) is 2. The first-order chi connectivity index (χ1) is 13.7. The van der Waals surface area contributed by atoms with E-state index in [1.807, 2.05) is 0 Å². The zero-order valence-electron chi connectivity index (χ0n) is 15.8. The van der Waals surface area contributed by atoms with Gasteiger partial charge in [0.05, 0.1) is 16.5 Å². The van der Waals surface area contributed by atoms with Gasteiger partial charge in [0.1, 0.15) is 12.3 Å². The number of aliphatic carboxylic acids is 1. The van der Waals surface area contributed by atoms with Crippen LogP contribution in [0.3, 0.4) is 0 Å². The molecule has 0 aliphatic heterocycles. The Bertz CT molecular complexity index is 891. The molecule has 0 bridgehead atoms. The van der Waals surface area contributed by atoms with Crippen LogP contribution < -0.4 is 15.4 Å². The molecule has 0 radical (unpaired) electrons. The highest BCUT2D eigenvalue weighted by Crippen LogP contribution is 2.37. The monoisotopic (exact) mass is 438 g/mol. The summed E-state index contributed by atoms with van der Waals surface area (Å²) in [6, 6.07) is 9.77. The fourth-order valence-corrected chi connectivity index (χ4v) is 2.85. The van der Waals surface area contributed by atoms with E-state index in [-0.39, 0.29) is 34.0 Å². The quantitative estimate of drug-likeness (QED) is 0.574. The van der Waals surface area contributed by atoms with E-state index >= 15 is 0 Å². The lowest BCUT2D eigenvalue weighted by Gasteiger charge is -2.13. The summed E-state index contributed by atoms with van der Waals surface area (Å²) in [6.45, 7) is 3.14. The van der Waals surface area contributed by atoms with Gasteiger partial charge < -0.3 is 20.5 Å². The summed E-state index contributed by atoms with van der Waals surface area (Å²) in [5, 5.41) is 14.0. The summed E-state index contributed by atoms with van der Waals surface area (Å²) in [5.74, 6) is -1.13. The number of benzene rings is 2. The Kier molecular flexibility index (Phi) is 7.87. The van der Waals surface area contributed by atoms with Gasteiger partial charge in [0.15, 0.2) is 5.75 Å². The van der Waals surface area contributed by atoms with Crippen LogP contribution in [-0.4, -0.2) is 29.4 Å². The molecule has 0 saturated carbocycles. The molecule has 154 valence electrons. The van der Waals surface area contributed by atoms with Crippen molar-refractivity contribution in [3.8, 4) is 11.5 Å². The third-order valence-corrected chi connectivity index (χ3v) is 4.29. The number of carbonyl (C=O) groups excluding carboxylic acids is 2. The lowest BCUT2D eigenvalue weighted by Crippen LogP contribution is -2.30. The SMILES string of the molecule is CC(C)C(=O)Nc1ccc(Oc2c(Cl)cc(CC(=O)NCC(=O)O)cc2Cl)cc1. The van der Waals surface area contributed by atoms with Gasteiger partial charge in [-0.2, -0.15) is 0 Å². The van der Waals surface area contributed by atoms with Crippen LogP contribution >= 0.6 is 23.2 Å². The van der Waals surface area contributed by atoms with Gasteiger partial charge in [-0.15, -0.1) is 0 Å². The minimum Gasteiger partial charge on any atom is -0.480 e. The second kappa shape index (κ2) is 10.1. The lowest BCUT2D eigenvalue weighted by atomic mass is 10.1. The maximum Gasteiger partial charge on any atom is 0.322 e. The Morgan fingerprint density at radius 2 is 1.66 bits per heavy atom. The average Bonchev–Trinajstić information content (AvgIpc) is 2.64. The zero-order valence-corrected chi connectivity index (χ0v) is 17.3. The van der Waals surface area contributed by atoms with Gasteiger partial charge in [0.2, 0.25) is 11.8 Å². The van der Waals surface area contributed by atoms with E-state index in [1.165, 1.54) is 12.1 Å². The molecule has 2 aromatic rings. The molecule has 2 aromatic carbocycles. The maximum absolute atomic E-state index is 11.7. The van der Waals surface area contributed by atoms with E-state index in [0.717, 1.165) is 0 Å². The summed E-state index contributed by atoms with van der Waals surface area (Å²) in [5.41, 5.74) is 1.15. The number of rotatable bonds is 8. The van der Waals surface area contributed by atoms with Crippen LogP contribution in [0.4, 0.5) is 5.69 Å². The van der Waals surface area contributed by atoms with E-state index in [9.17, 15) is 14.4 Å². The van der Waals surface area contributed by atoms with E-state index in [2.05, 4.69) is 10.6 Å². The van der Waals surface area contributed by atoms with Gasteiger partial charge in [-0.25, -0.2) is 0 Å². The molecule has 7 nitrogen and oxygen atoms in total. The Morgan fingerprint density at radius 3 is 2.17 bits per heavy atom. The Balaban J connectivity index is 2.06. The van der Waals surface area contributed by atoms with Crippen LogP contribution in [0.1, 0.15) is 19.4 Å². The first-order valence-electron chi connectivity index (χ1n) is 8.71. The van der Waals surface area contributed by atoms with Crippen molar-refractivity contribution in [1.29, 1.82) is 0 Å². The number of anilines is 1. The molecule has 0 unspecified atom stereocenters. The summed E-state index contributed by atoms with van der Waals surface area (Å²) in [4.78, 5) is 34.0. The fraction of sp³-hybridized carbons (Fsp3) is 0.250. The predicted octanol–water partition coefficient (Wildman–Crippen LogP) is 4.12. The van der Waals surface area contributed by atoms with Crippen molar-refractivity contribution in [3.63, 3.8) is 0 Å². The summed E-state index contributed by atoms with van der Waals surface area (Å²) in [7, 11) is 0. The highest BCUT2D eigenvalue weighted by atomic mass is 35.5. The molecule has 2 amide bonds.